The van der Waals surface area contributed by atoms with Gasteiger partial charge < -0.3 is 10.7 Å². The molecule has 0 spiro atoms. The molecule has 0 radical (unpaired) electrons. The van der Waals surface area contributed by atoms with Crippen LogP contribution >= 0.6 is 0 Å². The van der Waals surface area contributed by atoms with Crippen LogP contribution in [0.3, 0.4) is 0 Å². The van der Waals surface area contributed by atoms with Gasteiger partial charge >= 0.3 is 0 Å². The molecule has 0 atom stereocenters. The fourth-order valence-electron chi connectivity index (χ4n) is 1.59. The van der Waals surface area contributed by atoms with Gasteiger partial charge in [0.2, 0.25) is 0 Å². The summed E-state index contributed by atoms with van der Waals surface area (Å²) in [5, 5.41) is 20.6. The van der Waals surface area contributed by atoms with E-state index >= 15 is 0 Å². The summed E-state index contributed by atoms with van der Waals surface area (Å²) in [7, 11) is 0. The van der Waals surface area contributed by atoms with Gasteiger partial charge in [-0.2, -0.15) is 5.10 Å². The molecule has 1 aromatic carbocycles. The number of carbonyl (C=O) groups excluding carboxylic acids is 1. The smallest absolute Gasteiger partial charge is 0.294 e. The first kappa shape index (κ1) is 13.4. The van der Waals surface area contributed by atoms with Crippen LogP contribution in [0.5, 0.6) is 0 Å². The highest BCUT2D eigenvalue weighted by Gasteiger charge is 2.21. The van der Waals surface area contributed by atoms with E-state index in [1.807, 2.05) is 0 Å². The number of rotatable bonds is 4. The van der Waals surface area contributed by atoms with Crippen molar-refractivity contribution in [3.05, 3.63) is 52.2 Å². The number of nitro benzene ring substituents is 1. The van der Waals surface area contributed by atoms with E-state index in [2.05, 4.69) is 20.9 Å². The maximum absolute atomic E-state index is 12.1. The molecule has 2 aromatic rings. The monoisotopic (exact) mass is 274 g/mol. The van der Waals surface area contributed by atoms with E-state index in [0.717, 1.165) is 0 Å². The van der Waals surface area contributed by atoms with Gasteiger partial charge in [0.1, 0.15) is 5.69 Å². The molecule has 0 fully saturated rings. The Morgan fingerprint density at radius 2 is 2.10 bits per heavy atom. The summed E-state index contributed by atoms with van der Waals surface area (Å²) in [6, 6.07) is 7.18. The maximum Gasteiger partial charge on any atom is 0.294 e. The lowest BCUT2D eigenvalue weighted by molar-refractivity contribution is -0.384. The van der Waals surface area contributed by atoms with E-state index in [1.165, 1.54) is 30.5 Å². The lowest BCUT2D eigenvalue weighted by Gasteiger charge is -2.09. The molecule has 4 N–H and O–H groups in total. The third-order valence-corrected chi connectivity index (χ3v) is 2.44. The largest absolute Gasteiger partial charge is 0.318 e. The maximum atomic E-state index is 12.1. The Balaban J connectivity index is 2.35. The van der Waals surface area contributed by atoms with Crippen molar-refractivity contribution in [1.29, 1.82) is 0 Å². The van der Waals surface area contributed by atoms with Gasteiger partial charge in [0.05, 0.1) is 10.5 Å². The second kappa shape index (κ2) is 5.71. The van der Waals surface area contributed by atoms with Crippen molar-refractivity contribution >= 4 is 23.1 Å². The number of hydrogen-bond donors (Lipinski definition) is 3. The second-order valence-corrected chi connectivity index (χ2v) is 3.66. The van der Waals surface area contributed by atoms with Gasteiger partial charge in [0.15, 0.2) is 5.82 Å². The standard InChI is InChI=1S/C11H10N6O3/c12-15-10-7(3-1-4-8(10)17(19)20)11(18)14-9-5-2-6-13-16-9/h1-6,15H,12H2,(H,14,16,18). The van der Waals surface area contributed by atoms with Crippen LogP contribution in [-0.2, 0) is 0 Å². The van der Waals surface area contributed by atoms with Crippen LogP contribution in [0.25, 0.3) is 0 Å². The van der Waals surface area contributed by atoms with Crippen LogP contribution in [0, 0.1) is 10.1 Å². The van der Waals surface area contributed by atoms with E-state index in [-0.39, 0.29) is 22.8 Å². The topological polar surface area (TPSA) is 136 Å². The molecule has 0 aliphatic rings. The van der Waals surface area contributed by atoms with Crippen LogP contribution in [-0.4, -0.2) is 21.0 Å². The second-order valence-electron chi connectivity index (χ2n) is 3.66. The van der Waals surface area contributed by atoms with Gasteiger partial charge in [-0.3, -0.25) is 20.8 Å². The van der Waals surface area contributed by atoms with E-state index in [9.17, 15) is 14.9 Å². The molecule has 0 bridgehead atoms. The SMILES string of the molecule is NNc1c(C(=O)Nc2cccnn2)cccc1[N+](=O)[O-]. The highest BCUT2D eigenvalue weighted by atomic mass is 16.6. The lowest BCUT2D eigenvalue weighted by atomic mass is 10.1. The highest BCUT2D eigenvalue weighted by Crippen LogP contribution is 2.27. The van der Waals surface area contributed by atoms with E-state index in [0.29, 0.717) is 0 Å². The average molecular weight is 274 g/mol. The van der Waals surface area contributed by atoms with Gasteiger partial charge in [-0.1, -0.05) is 6.07 Å². The first-order valence-electron chi connectivity index (χ1n) is 5.46. The number of benzene rings is 1. The molecule has 0 unspecified atom stereocenters. The van der Waals surface area contributed by atoms with Crippen molar-refractivity contribution in [2.75, 3.05) is 10.7 Å². The average Bonchev–Trinajstić information content (AvgIpc) is 2.47. The summed E-state index contributed by atoms with van der Waals surface area (Å²) in [5.74, 6) is 4.91. The Morgan fingerprint density at radius 3 is 2.70 bits per heavy atom. The van der Waals surface area contributed by atoms with Crippen molar-refractivity contribution in [3.63, 3.8) is 0 Å². The Hall–Kier alpha value is -3.07. The van der Waals surface area contributed by atoms with Crippen LogP contribution in [0.4, 0.5) is 17.2 Å². The van der Waals surface area contributed by atoms with Crippen LogP contribution in [0.15, 0.2) is 36.5 Å². The summed E-state index contributed by atoms with van der Waals surface area (Å²) in [6.45, 7) is 0. The molecule has 1 heterocycles. The van der Waals surface area contributed by atoms with Crippen LogP contribution in [0.1, 0.15) is 10.4 Å². The number of aromatic nitrogens is 2. The predicted octanol–water partition coefficient (Wildman–Crippen LogP) is 0.923. The molecule has 1 aromatic heterocycles. The molecule has 9 heteroatoms. The summed E-state index contributed by atoms with van der Waals surface area (Å²) < 4.78 is 0. The minimum Gasteiger partial charge on any atom is -0.318 e. The molecule has 9 nitrogen and oxygen atoms in total. The Bertz CT molecular complexity index is 646. The lowest BCUT2D eigenvalue weighted by Crippen LogP contribution is -2.19. The Morgan fingerprint density at radius 1 is 1.30 bits per heavy atom. The minimum absolute atomic E-state index is 0.0346. The van der Waals surface area contributed by atoms with Gasteiger partial charge in [0, 0.05) is 12.3 Å². The van der Waals surface area contributed by atoms with Crippen LogP contribution < -0.4 is 16.6 Å². The zero-order valence-corrected chi connectivity index (χ0v) is 10.1. The van der Waals surface area contributed by atoms with E-state index < -0.39 is 10.8 Å². The Kier molecular flexibility index (Phi) is 3.82. The first-order chi connectivity index (χ1) is 9.63. The quantitative estimate of drug-likeness (QED) is 0.428. The zero-order chi connectivity index (χ0) is 14.5. The van der Waals surface area contributed by atoms with Crippen molar-refractivity contribution in [1.82, 2.24) is 10.2 Å². The van der Waals surface area contributed by atoms with Crippen molar-refractivity contribution in [2.45, 2.75) is 0 Å². The van der Waals surface area contributed by atoms with Crippen molar-refractivity contribution < 1.29 is 9.72 Å². The molecule has 20 heavy (non-hydrogen) atoms. The molecule has 102 valence electrons. The number of hydrazine groups is 1. The molecule has 0 saturated carbocycles. The molecular weight excluding hydrogens is 264 g/mol. The van der Waals surface area contributed by atoms with Gasteiger partial charge in [-0.15, -0.1) is 5.10 Å². The number of nitrogens with two attached hydrogens (primary N) is 1. The first-order valence-corrected chi connectivity index (χ1v) is 5.46. The minimum atomic E-state index is -0.631. The molecule has 2 rings (SSSR count). The Labute approximate surface area is 112 Å². The van der Waals surface area contributed by atoms with Gasteiger partial charge in [-0.05, 0) is 18.2 Å². The number of para-hydroxylation sites is 1. The number of nitrogens with zero attached hydrogens (tertiary/aromatic N) is 3. The summed E-state index contributed by atoms with van der Waals surface area (Å²) in [5.41, 5.74) is 1.85. The number of carbonyl (C=O) groups is 1. The molecule has 0 aliphatic carbocycles. The predicted molar refractivity (Wildman–Crippen MR) is 70.9 cm³/mol. The number of anilines is 2. The number of amides is 1. The van der Waals surface area contributed by atoms with Crippen molar-refractivity contribution in [3.8, 4) is 0 Å². The molecule has 1 amide bonds. The van der Waals surface area contributed by atoms with E-state index in [1.54, 1.807) is 6.07 Å². The van der Waals surface area contributed by atoms with Gasteiger partial charge in [-0.25, -0.2) is 0 Å². The summed E-state index contributed by atoms with van der Waals surface area (Å²) in [4.78, 5) is 22.3. The van der Waals surface area contributed by atoms with Crippen LogP contribution in [0.2, 0.25) is 0 Å². The fourth-order valence-corrected chi connectivity index (χ4v) is 1.59. The van der Waals surface area contributed by atoms with E-state index in [4.69, 9.17) is 5.84 Å². The third-order valence-electron chi connectivity index (χ3n) is 2.44. The van der Waals surface area contributed by atoms with Gasteiger partial charge in [0.25, 0.3) is 11.6 Å². The third kappa shape index (κ3) is 2.67. The number of nitrogen functional groups attached to an aromatic ring is 1. The zero-order valence-electron chi connectivity index (χ0n) is 10.1. The van der Waals surface area contributed by atoms with Crippen molar-refractivity contribution in [2.24, 2.45) is 5.84 Å². The summed E-state index contributed by atoms with van der Waals surface area (Å²) in [6.07, 6.45) is 1.45. The summed E-state index contributed by atoms with van der Waals surface area (Å²) >= 11 is 0. The number of hydrogen-bond acceptors (Lipinski definition) is 7. The fraction of sp³-hybridized carbons (Fsp3) is 0. The normalized spacial score (nSPS) is 9.85. The number of nitro groups is 1. The molecular formula is C11H10N6O3. The highest BCUT2D eigenvalue weighted by molar-refractivity contribution is 6.08. The number of nitrogens with one attached hydrogen (secondary N) is 2. The molecule has 0 aliphatic heterocycles. The molecule has 0 saturated heterocycles.